The number of nitrogens with zero attached hydrogens (tertiary/aromatic N) is 1. The molecule has 0 saturated carbocycles. The van der Waals surface area contributed by atoms with Crippen LogP contribution in [0.4, 0.5) is 0 Å². The second-order valence-corrected chi connectivity index (χ2v) is 7.86. The third-order valence-corrected chi connectivity index (χ3v) is 4.01. The molecule has 0 aliphatic carbocycles. The van der Waals surface area contributed by atoms with Gasteiger partial charge < -0.3 is 19.0 Å². The molecule has 2 unspecified atom stereocenters. The van der Waals surface area contributed by atoms with Crippen molar-refractivity contribution >= 4 is 23.3 Å². The largest absolute Gasteiger partial charge is 0.478 e. The van der Waals surface area contributed by atoms with Gasteiger partial charge in [-0.15, -0.1) is 0 Å². The molecule has 1 aromatic rings. The number of unbranched alkanes of at least 4 members (excludes halogenated alkanes) is 1. The van der Waals surface area contributed by atoms with E-state index < -0.39 is 17.7 Å². The average molecular weight is 398 g/mol. The third-order valence-electron chi connectivity index (χ3n) is 3.77. The SMILES string of the molecule is CCCCOC1CON=C1c1cc(Cl)ccc1OC(C)C(=O)OC(C)(C)C. The van der Waals surface area contributed by atoms with E-state index in [4.69, 9.17) is 30.6 Å². The van der Waals surface area contributed by atoms with Gasteiger partial charge in [0.1, 0.15) is 29.8 Å². The number of carbonyl (C=O) groups is 1. The number of carbonyl (C=O) groups excluding carboxylic acids is 1. The Kier molecular flexibility index (Phi) is 7.50. The Morgan fingerprint density at radius 3 is 2.81 bits per heavy atom. The van der Waals surface area contributed by atoms with E-state index >= 15 is 0 Å². The molecule has 2 atom stereocenters. The molecular weight excluding hydrogens is 370 g/mol. The summed E-state index contributed by atoms with van der Waals surface area (Å²) in [5.41, 5.74) is 0.677. The van der Waals surface area contributed by atoms with E-state index in [2.05, 4.69) is 12.1 Å². The van der Waals surface area contributed by atoms with Gasteiger partial charge in [0.15, 0.2) is 6.10 Å². The molecule has 0 radical (unpaired) electrons. The lowest BCUT2D eigenvalue weighted by atomic mass is 10.0. The van der Waals surface area contributed by atoms with E-state index in [9.17, 15) is 4.79 Å². The van der Waals surface area contributed by atoms with Gasteiger partial charge in [-0.25, -0.2) is 4.79 Å². The quantitative estimate of drug-likeness (QED) is 0.481. The van der Waals surface area contributed by atoms with Crippen molar-refractivity contribution in [1.29, 1.82) is 0 Å². The van der Waals surface area contributed by atoms with Crippen molar-refractivity contribution in [3.63, 3.8) is 0 Å². The minimum Gasteiger partial charge on any atom is -0.478 e. The van der Waals surface area contributed by atoms with Gasteiger partial charge in [0, 0.05) is 17.2 Å². The molecule has 1 aliphatic heterocycles. The van der Waals surface area contributed by atoms with Crippen LogP contribution in [-0.4, -0.2) is 42.7 Å². The van der Waals surface area contributed by atoms with E-state index in [-0.39, 0.29) is 6.10 Å². The van der Waals surface area contributed by atoms with Crippen LogP contribution in [0.2, 0.25) is 5.02 Å². The number of hydrogen-bond acceptors (Lipinski definition) is 6. The topological polar surface area (TPSA) is 66.3 Å². The van der Waals surface area contributed by atoms with Crippen molar-refractivity contribution in [3.8, 4) is 5.75 Å². The zero-order chi connectivity index (χ0) is 20.0. The summed E-state index contributed by atoms with van der Waals surface area (Å²) >= 11 is 6.17. The lowest BCUT2D eigenvalue weighted by Crippen LogP contribution is -2.34. The highest BCUT2D eigenvalue weighted by atomic mass is 35.5. The number of esters is 1. The minimum absolute atomic E-state index is 0.297. The van der Waals surface area contributed by atoms with E-state index in [0.29, 0.717) is 35.3 Å². The first-order valence-electron chi connectivity index (χ1n) is 9.22. The first kappa shape index (κ1) is 21.5. The predicted octanol–water partition coefficient (Wildman–Crippen LogP) is 4.37. The van der Waals surface area contributed by atoms with Crippen molar-refractivity contribution in [2.24, 2.45) is 5.16 Å². The maximum absolute atomic E-state index is 12.2. The number of hydrogen-bond donors (Lipinski definition) is 0. The molecule has 2 rings (SSSR count). The number of halogens is 1. The molecule has 1 aromatic carbocycles. The van der Waals surface area contributed by atoms with Crippen molar-refractivity contribution in [2.45, 2.75) is 65.3 Å². The summed E-state index contributed by atoms with van der Waals surface area (Å²) in [5.74, 6) is 0.0369. The second-order valence-electron chi connectivity index (χ2n) is 7.42. The first-order chi connectivity index (χ1) is 12.7. The predicted molar refractivity (Wildman–Crippen MR) is 105 cm³/mol. The Hall–Kier alpha value is -1.79. The third kappa shape index (κ3) is 6.40. The highest BCUT2D eigenvalue weighted by Crippen LogP contribution is 2.28. The molecule has 0 bridgehead atoms. The van der Waals surface area contributed by atoms with Gasteiger partial charge in [0.2, 0.25) is 0 Å². The van der Waals surface area contributed by atoms with Gasteiger partial charge in [-0.1, -0.05) is 30.1 Å². The van der Waals surface area contributed by atoms with Crippen LogP contribution in [0.25, 0.3) is 0 Å². The molecule has 6 nitrogen and oxygen atoms in total. The van der Waals surface area contributed by atoms with Crippen molar-refractivity contribution < 1.29 is 23.8 Å². The normalized spacial score (nSPS) is 17.9. The molecule has 0 aromatic heterocycles. The van der Waals surface area contributed by atoms with Gasteiger partial charge >= 0.3 is 5.97 Å². The molecule has 0 amide bonds. The standard InChI is InChI=1S/C20H28ClNO5/c1-6-7-10-24-17-12-25-22-18(17)15-11-14(21)8-9-16(15)26-13(2)19(23)27-20(3,4)5/h8-9,11,13,17H,6-7,10,12H2,1-5H3. The first-order valence-corrected chi connectivity index (χ1v) is 9.60. The highest BCUT2D eigenvalue weighted by Gasteiger charge is 2.30. The Labute approximate surface area is 165 Å². The average Bonchev–Trinajstić information content (AvgIpc) is 3.03. The van der Waals surface area contributed by atoms with Gasteiger partial charge in [-0.3, -0.25) is 0 Å². The molecule has 7 heteroatoms. The summed E-state index contributed by atoms with van der Waals surface area (Å²) in [6.45, 7) is 10.1. The number of oxime groups is 1. The van der Waals surface area contributed by atoms with Crippen LogP contribution in [0, 0.1) is 0 Å². The van der Waals surface area contributed by atoms with E-state index in [1.54, 1.807) is 25.1 Å². The molecule has 0 saturated heterocycles. The van der Waals surface area contributed by atoms with E-state index in [1.165, 1.54) is 0 Å². The maximum atomic E-state index is 12.2. The summed E-state index contributed by atoms with van der Waals surface area (Å²) in [7, 11) is 0. The molecule has 0 fully saturated rings. The molecule has 1 aliphatic rings. The molecule has 150 valence electrons. The molecule has 0 spiro atoms. The Balaban J connectivity index is 2.18. The van der Waals surface area contributed by atoms with Gasteiger partial charge in [-0.2, -0.15) is 0 Å². The monoisotopic (exact) mass is 397 g/mol. The minimum atomic E-state index is -0.786. The summed E-state index contributed by atoms with van der Waals surface area (Å²) in [6, 6.07) is 5.15. The summed E-state index contributed by atoms with van der Waals surface area (Å²) in [6.07, 6.45) is 0.915. The second kappa shape index (κ2) is 9.42. The molecule has 0 N–H and O–H groups in total. The Morgan fingerprint density at radius 1 is 1.41 bits per heavy atom. The van der Waals surface area contributed by atoms with Crippen LogP contribution < -0.4 is 4.74 Å². The smallest absolute Gasteiger partial charge is 0.347 e. The highest BCUT2D eigenvalue weighted by molar-refractivity contribution is 6.31. The number of benzene rings is 1. The van der Waals surface area contributed by atoms with Crippen molar-refractivity contribution in [1.82, 2.24) is 0 Å². The van der Waals surface area contributed by atoms with E-state index in [1.807, 2.05) is 20.8 Å². The van der Waals surface area contributed by atoms with Crippen molar-refractivity contribution in [2.75, 3.05) is 13.2 Å². The zero-order valence-electron chi connectivity index (χ0n) is 16.6. The van der Waals surface area contributed by atoms with Crippen LogP contribution in [0.15, 0.2) is 23.4 Å². The Bertz CT molecular complexity index is 683. The van der Waals surface area contributed by atoms with Gasteiger partial charge in [0.25, 0.3) is 0 Å². The van der Waals surface area contributed by atoms with E-state index in [0.717, 1.165) is 12.8 Å². The molecular formula is C20H28ClNO5. The number of ether oxygens (including phenoxy) is 3. The van der Waals surface area contributed by atoms with Crippen LogP contribution in [-0.2, 0) is 19.1 Å². The molecule has 27 heavy (non-hydrogen) atoms. The van der Waals surface area contributed by atoms with Gasteiger partial charge in [-0.05, 0) is 52.3 Å². The van der Waals surface area contributed by atoms with Crippen LogP contribution in [0.3, 0.4) is 0 Å². The van der Waals surface area contributed by atoms with Crippen molar-refractivity contribution in [3.05, 3.63) is 28.8 Å². The summed E-state index contributed by atoms with van der Waals surface area (Å²) in [5, 5.41) is 4.65. The lowest BCUT2D eigenvalue weighted by Gasteiger charge is -2.23. The van der Waals surface area contributed by atoms with Crippen LogP contribution in [0.1, 0.15) is 53.0 Å². The Morgan fingerprint density at radius 2 is 2.15 bits per heavy atom. The maximum Gasteiger partial charge on any atom is 0.347 e. The fourth-order valence-corrected chi connectivity index (χ4v) is 2.63. The number of rotatable bonds is 8. The fourth-order valence-electron chi connectivity index (χ4n) is 2.46. The summed E-state index contributed by atoms with van der Waals surface area (Å²) < 4.78 is 17.1. The van der Waals surface area contributed by atoms with Crippen LogP contribution in [0.5, 0.6) is 5.75 Å². The lowest BCUT2D eigenvalue weighted by molar-refractivity contribution is -0.162. The summed E-state index contributed by atoms with van der Waals surface area (Å²) in [4.78, 5) is 17.5. The fraction of sp³-hybridized carbons (Fsp3) is 0.600. The van der Waals surface area contributed by atoms with Gasteiger partial charge in [0.05, 0.1) is 0 Å². The van der Waals surface area contributed by atoms with Crippen LogP contribution >= 0.6 is 11.6 Å². The molecule has 1 heterocycles. The zero-order valence-corrected chi connectivity index (χ0v) is 17.3.